The molecule has 2 nitrogen and oxygen atoms in total. The second kappa shape index (κ2) is 5.28. The summed E-state index contributed by atoms with van der Waals surface area (Å²) >= 11 is 10.6. The standard InChI is InChI=1S/C15H10Br3NO/c1-7-3-12(18)14-13(4-7)19-15(20-14)9-5-10(16)8(2)11(17)6-9/h3-6H,1-2H3. The molecule has 3 rings (SSSR count). The first-order chi connectivity index (χ1) is 9.45. The lowest BCUT2D eigenvalue weighted by Gasteiger charge is -2.03. The Morgan fingerprint density at radius 3 is 2.20 bits per heavy atom. The van der Waals surface area contributed by atoms with Crippen LogP contribution < -0.4 is 0 Å². The number of nitrogens with zero attached hydrogens (tertiary/aromatic N) is 1. The van der Waals surface area contributed by atoms with E-state index >= 15 is 0 Å². The van der Waals surface area contributed by atoms with Gasteiger partial charge in [0.05, 0.1) is 4.47 Å². The molecule has 0 atom stereocenters. The molecule has 0 fully saturated rings. The van der Waals surface area contributed by atoms with Crippen molar-refractivity contribution in [2.45, 2.75) is 13.8 Å². The van der Waals surface area contributed by atoms with Gasteiger partial charge in [0.25, 0.3) is 0 Å². The molecule has 0 aliphatic heterocycles. The number of benzene rings is 2. The molecule has 1 heterocycles. The normalized spacial score (nSPS) is 11.2. The number of hydrogen-bond acceptors (Lipinski definition) is 2. The van der Waals surface area contributed by atoms with Crippen molar-refractivity contribution in [1.29, 1.82) is 0 Å². The van der Waals surface area contributed by atoms with Gasteiger partial charge in [0.1, 0.15) is 5.52 Å². The highest BCUT2D eigenvalue weighted by atomic mass is 79.9. The van der Waals surface area contributed by atoms with Gasteiger partial charge in [-0.25, -0.2) is 4.98 Å². The Morgan fingerprint density at radius 2 is 1.55 bits per heavy atom. The molecule has 1 aromatic heterocycles. The van der Waals surface area contributed by atoms with Gasteiger partial charge in [-0.2, -0.15) is 0 Å². The molecule has 0 bridgehead atoms. The topological polar surface area (TPSA) is 26.0 Å². The third-order valence-electron chi connectivity index (χ3n) is 3.12. The van der Waals surface area contributed by atoms with E-state index in [1.54, 1.807) is 0 Å². The molecule has 0 spiro atoms. The van der Waals surface area contributed by atoms with E-state index in [0.717, 1.165) is 41.2 Å². The van der Waals surface area contributed by atoms with Crippen LogP contribution >= 0.6 is 47.8 Å². The second-order valence-corrected chi connectivity index (χ2v) is 7.24. The number of oxazole rings is 1. The highest BCUT2D eigenvalue weighted by molar-refractivity contribution is 9.11. The van der Waals surface area contributed by atoms with Gasteiger partial charge < -0.3 is 4.42 Å². The van der Waals surface area contributed by atoms with E-state index in [1.165, 1.54) is 0 Å². The summed E-state index contributed by atoms with van der Waals surface area (Å²) < 4.78 is 8.87. The molecule has 2 aromatic carbocycles. The fourth-order valence-corrected chi connectivity index (χ4v) is 3.85. The highest BCUT2D eigenvalue weighted by Gasteiger charge is 2.13. The molecular weight excluding hydrogens is 450 g/mol. The zero-order valence-electron chi connectivity index (χ0n) is 10.8. The Kier molecular flexibility index (Phi) is 3.77. The summed E-state index contributed by atoms with van der Waals surface area (Å²) in [5, 5.41) is 0. The van der Waals surface area contributed by atoms with Gasteiger partial charge in [-0.05, 0) is 65.2 Å². The molecule has 20 heavy (non-hydrogen) atoms. The fourth-order valence-electron chi connectivity index (χ4n) is 2.02. The van der Waals surface area contributed by atoms with Gasteiger partial charge in [-0.1, -0.05) is 31.9 Å². The smallest absolute Gasteiger partial charge is 0.227 e. The van der Waals surface area contributed by atoms with E-state index in [2.05, 4.69) is 52.8 Å². The molecule has 0 aliphatic carbocycles. The van der Waals surface area contributed by atoms with Gasteiger partial charge in [-0.3, -0.25) is 0 Å². The summed E-state index contributed by atoms with van der Waals surface area (Å²) in [5.41, 5.74) is 4.88. The third kappa shape index (κ3) is 2.47. The number of aromatic nitrogens is 1. The lowest BCUT2D eigenvalue weighted by Crippen LogP contribution is -1.83. The van der Waals surface area contributed by atoms with Crippen molar-refractivity contribution >= 4 is 58.9 Å². The minimum absolute atomic E-state index is 0.618. The maximum atomic E-state index is 5.89. The predicted octanol–water partition coefficient (Wildman–Crippen LogP) is 6.40. The molecule has 0 aliphatic rings. The first kappa shape index (κ1) is 14.3. The maximum absolute atomic E-state index is 5.89. The van der Waals surface area contributed by atoms with Crippen LogP contribution in [0, 0.1) is 13.8 Å². The predicted molar refractivity (Wildman–Crippen MR) is 92.0 cm³/mol. The molecule has 0 saturated carbocycles. The van der Waals surface area contributed by atoms with E-state index in [-0.39, 0.29) is 0 Å². The molecule has 0 saturated heterocycles. The summed E-state index contributed by atoms with van der Waals surface area (Å²) in [4.78, 5) is 4.58. The Morgan fingerprint density at radius 1 is 0.900 bits per heavy atom. The molecule has 0 amide bonds. The van der Waals surface area contributed by atoms with E-state index in [0.29, 0.717) is 5.89 Å². The Labute approximate surface area is 142 Å². The van der Waals surface area contributed by atoms with Gasteiger partial charge in [0, 0.05) is 14.5 Å². The van der Waals surface area contributed by atoms with Gasteiger partial charge in [-0.15, -0.1) is 0 Å². The summed E-state index contributed by atoms with van der Waals surface area (Å²) in [6.07, 6.45) is 0. The van der Waals surface area contributed by atoms with Crippen molar-refractivity contribution in [3.05, 3.63) is 48.8 Å². The zero-order chi connectivity index (χ0) is 14.4. The minimum Gasteiger partial charge on any atom is -0.435 e. The molecule has 3 aromatic rings. The van der Waals surface area contributed by atoms with Crippen LogP contribution in [-0.2, 0) is 0 Å². The SMILES string of the molecule is Cc1cc(Br)c2oc(-c3cc(Br)c(C)c(Br)c3)nc2c1. The fraction of sp³-hybridized carbons (Fsp3) is 0.133. The number of rotatable bonds is 1. The highest BCUT2D eigenvalue weighted by Crippen LogP contribution is 2.34. The van der Waals surface area contributed by atoms with E-state index < -0.39 is 0 Å². The van der Waals surface area contributed by atoms with Crippen molar-refractivity contribution in [2.75, 3.05) is 0 Å². The zero-order valence-corrected chi connectivity index (χ0v) is 15.6. The van der Waals surface area contributed by atoms with Crippen molar-refractivity contribution < 1.29 is 4.42 Å². The van der Waals surface area contributed by atoms with E-state index in [9.17, 15) is 0 Å². The average molecular weight is 460 g/mol. The van der Waals surface area contributed by atoms with E-state index in [4.69, 9.17) is 4.42 Å². The lowest BCUT2D eigenvalue weighted by atomic mass is 10.1. The minimum atomic E-state index is 0.618. The second-order valence-electron chi connectivity index (χ2n) is 4.68. The third-order valence-corrected chi connectivity index (χ3v) is 5.35. The monoisotopic (exact) mass is 457 g/mol. The van der Waals surface area contributed by atoms with Gasteiger partial charge in [0.15, 0.2) is 5.58 Å². The summed E-state index contributed by atoms with van der Waals surface area (Å²) in [7, 11) is 0. The quantitative estimate of drug-likeness (QED) is 0.421. The lowest BCUT2D eigenvalue weighted by molar-refractivity contribution is 0.618. The van der Waals surface area contributed by atoms with E-state index in [1.807, 2.05) is 38.1 Å². The van der Waals surface area contributed by atoms with Crippen molar-refractivity contribution in [3.8, 4) is 11.5 Å². The van der Waals surface area contributed by atoms with Gasteiger partial charge in [0.2, 0.25) is 5.89 Å². The van der Waals surface area contributed by atoms with Crippen molar-refractivity contribution in [1.82, 2.24) is 4.98 Å². The first-order valence-corrected chi connectivity index (χ1v) is 8.36. The van der Waals surface area contributed by atoms with Crippen LogP contribution in [0.5, 0.6) is 0 Å². The summed E-state index contributed by atoms with van der Waals surface area (Å²) in [6.45, 7) is 4.08. The van der Waals surface area contributed by atoms with Gasteiger partial charge >= 0.3 is 0 Å². The Bertz CT molecular complexity index is 800. The van der Waals surface area contributed by atoms with Crippen LogP contribution in [-0.4, -0.2) is 4.98 Å². The molecule has 0 radical (unpaired) electrons. The van der Waals surface area contributed by atoms with Crippen LogP contribution in [0.4, 0.5) is 0 Å². The van der Waals surface area contributed by atoms with Crippen LogP contribution in [0.25, 0.3) is 22.6 Å². The van der Waals surface area contributed by atoms with Crippen LogP contribution in [0.3, 0.4) is 0 Å². The van der Waals surface area contributed by atoms with Crippen LogP contribution in [0.15, 0.2) is 42.1 Å². The molecule has 102 valence electrons. The van der Waals surface area contributed by atoms with Crippen molar-refractivity contribution in [2.24, 2.45) is 0 Å². The Balaban J connectivity index is 2.22. The van der Waals surface area contributed by atoms with Crippen LogP contribution in [0.2, 0.25) is 0 Å². The summed E-state index contributed by atoms with van der Waals surface area (Å²) in [6, 6.07) is 8.08. The Hall–Kier alpha value is -0.650. The first-order valence-electron chi connectivity index (χ1n) is 5.98. The average Bonchev–Trinajstić information content (AvgIpc) is 2.79. The molecule has 5 heteroatoms. The number of halogens is 3. The molecule has 0 N–H and O–H groups in total. The number of fused-ring (bicyclic) bond motifs is 1. The maximum Gasteiger partial charge on any atom is 0.227 e. The van der Waals surface area contributed by atoms with Crippen LogP contribution in [0.1, 0.15) is 11.1 Å². The largest absolute Gasteiger partial charge is 0.435 e. The summed E-state index contributed by atoms with van der Waals surface area (Å²) in [5.74, 6) is 0.618. The number of hydrogen-bond donors (Lipinski definition) is 0. The number of aryl methyl sites for hydroxylation is 1. The molecule has 0 unspecified atom stereocenters. The molecular formula is C15H10Br3NO. The van der Waals surface area contributed by atoms with Crippen molar-refractivity contribution in [3.63, 3.8) is 0 Å².